The highest BCUT2D eigenvalue weighted by Crippen LogP contribution is 2.67. The number of phenols is 2. The highest BCUT2D eigenvalue weighted by molar-refractivity contribution is 5.94. The largest absolute Gasteiger partial charge is 0.504 e. The van der Waals surface area contributed by atoms with E-state index >= 15 is 4.79 Å². The van der Waals surface area contributed by atoms with Gasteiger partial charge in [0.25, 0.3) is 0 Å². The van der Waals surface area contributed by atoms with E-state index in [9.17, 15) is 30.3 Å². The molecule has 74 heavy (non-hydrogen) atoms. The number of Topliss-reactive ketones (excluding diaryl/α,β-unsaturated/α-hetero) is 1. The van der Waals surface area contributed by atoms with E-state index in [1.807, 2.05) is 30.5 Å². The van der Waals surface area contributed by atoms with E-state index in [1.165, 1.54) is 11.6 Å². The SMILES string of the molecule is COc1cc2c(cc1O)C1=C[C@H]3C[C@]4(CC[C@H]([C@H](CCCO)n5ccc6[nH]ccc65)C4)[C@H]4C[C@H](O)CC[C@@H]4[C@@H]3[C@H]2CC(=O)C[C@@H](CCc2ccc(O)c(OCCO)c2)OC(=O)CC#CCc2c1[nH]c1ccccc21. The Bertz CT molecular complexity index is 3130. The molecule has 3 aromatic carbocycles. The number of ether oxygens (including phenoxy) is 3. The standard InChI is InChI=1S/C61H69N3O10/c1-72-56-33-46-45(32-55(56)70)48-28-38-35-61(21-18-37(34-61)52(10-6-24-65)64-23-20-51-53(64)19-22-62-51)49-31-39(67)14-16-44(49)59(38)47(46)30-40(68)29-41(15-12-36-13-17-54(69)57(27-36)73-26-25-66)74-58(71)11-5-3-8-43-42-7-2-4-9-50(42)63-60(43)48/h2,4,7,9,13,17,19-20,22-23,27-28,32-33,37-39,41,44,47,49,52,59,62-63,65-67,69-70H,6,8,10-12,14-16,18,21,24-26,29-31,34-35H2,1H3/t37-,38-,39+,41+,44-,47-,49-,52-,59+,61+/m0/s1. The van der Waals surface area contributed by atoms with Crippen molar-refractivity contribution in [1.29, 1.82) is 0 Å². The lowest BCUT2D eigenvalue weighted by Crippen LogP contribution is -2.51. The van der Waals surface area contributed by atoms with Crippen LogP contribution < -0.4 is 9.47 Å². The smallest absolute Gasteiger partial charge is 0.318 e. The lowest BCUT2D eigenvalue weighted by Gasteiger charge is -2.57. The number of nitrogens with one attached hydrogen (secondary N) is 2. The fourth-order valence-corrected chi connectivity index (χ4v) is 14.9. The molecule has 1 aliphatic heterocycles. The molecule has 4 heterocycles. The minimum Gasteiger partial charge on any atom is -0.504 e. The summed E-state index contributed by atoms with van der Waals surface area (Å²) < 4.78 is 20.1. The van der Waals surface area contributed by atoms with Gasteiger partial charge < -0.3 is 54.3 Å². The molecular weight excluding hydrogens is 935 g/mol. The second-order valence-corrected chi connectivity index (χ2v) is 22.0. The first kappa shape index (κ1) is 49.7. The van der Waals surface area contributed by atoms with Crippen molar-refractivity contribution in [2.45, 2.75) is 120 Å². The van der Waals surface area contributed by atoms with Gasteiger partial charge in [-0.05, 0) is 176 Å². The number of ketones is 1. The number of aromatic hydroxyl groups is 2. The first-order chi connectivity index (χ1) is 36.0. The molecule has 5 aliphatic rings. The number of esters is 1. The van der Waals surface area contributed by atoms with Gasteiger partial charge in [0.05, 0.1) is 36.5 Å². The van der Waals surface area contributed by atoms with E-state index in [1.54, 1.807) is 19.2 Å². The predicted octanol–water partition coefficient (Wildman–Crippen LogP) is 9.83. The molecule has 3 aromatic heterocycles. The topological polar surface area (TPSA) is 199 Å². The van der Waals surface area contributed by atoms with Crippen LogP contribution in [-0.4, -0.2) is 91.0 Å². The highest BCUT2D eigenvalue weighted by Gasteiger charge is 2.59. The summed E-state index contributed by atoms with van der Waals surface area (Å²) in [7, 11) is 1.56. The molecular formula is C61H69N3O10. The molecule has 1 spiro atoms. The number of phenolic OH excluding ortho intramolecular Hbond substituents is 2. The van der Waals surface area contributed by atoms with Crippen LogP contribution in [0.3, 0.4) is 0 Å². The van der Waals surface area contributed by atoms with Crippen LogP contribution in [0.25, 0.3) is 27.5 Å². The number of aliphatic hydroxyl groups is 3. The Morgan fingerprint density at radius 3 is 2.64 bits per heavy atom. The third kappa shape index (κ3) is 9.50. The van der Waals surface area contributed by atoms with Crippen LogP contribution in [0.1, 0.15) is 123 Å². The number of fused-ring (bicyclic) bond motifs is 10. The molecule has 0 saturated heterocycles. The summed E-state index contributed by atoms with van der Waals surface area (Å²) in [5, 5.41) is 54.6. The van der Waals surface area contributed by atoms with E-state index < -0.39 is 18.2 Å². The van der Waals surface area contributed by atoms with Crippen LogP contribution in [0.2, 0.25) is 0 Å². The number of carbonyl (C=O) groups excluding carboxylic acids is 2. The number of aromatic amines is 2. The Hall–Kier alpha value is -6.46. The van der Waals surface area contributed by atoms with Crippen molar-refractivity contribution >= 4 is 39.3 Å². The molecule has 7 N–H and O–H groups in total. The molecule has 0 amide bonds. The van der Waals surface area contributed by atoms with Gasteiger partial charge in [-0.25, -0.2) is 0 Å². The molecule has 10 atom stereocenters. The second kappa shape index (κ2) is 21.0. The third-order valence-electron chi connectivity index (χ3n) is 17.9. The Kier molecular flexibility index (Phi) is 14.1. The van der Waals surface area contributed by atoms with Gasteiger partial charge >= 0.3 is 5.97 Å². The minimum atomic E-state index is -0.765. The number of allylic oxidation sites excluding steroid dienone is 1. The number of carbonyl (C=O) groups is 2. The summed E-state index contributed by atoms with van der Waals surface area (Å²) in [6.07, 6.45) is 14.3. The van der Waals surface area contributed by atoms with Crippen molar-refractivity contribution in [3.8, 4) is 34.8 Å². The zero-order valence-electron chi connectivity index (χ0n) is 42.2. The average Bonchev–Trinajstić information content (AvgIpc) is 4.20. The monoisotopic (exact) mass is 1000 g/mol. The quantitative estimate of drug-likeness (QED) is 0.0458. The number of aromatic nitrogens is 3. The second-order valence-electron chi connectivity index (χ2n) is 22.0. The molecule has 4 aliphatic carbocycles. The number of nitrogens with zero attached hydrogens (tertiary/aromatic N) is 1. The summed E-state index contributed by atoms with van der Waals surface area (Å²) >= 11 is 0. The van der Waals surface area contributed by atoms with Gasteiger partial charge in [0.15, 0.2) is 23.0 Å². The number of benzene rings is 3. The summed E-state index contributed by atoms with van der Waals surface area (Å²) in [5.74, 6) is 6.79. The fraction of sp³-hybridized carbons (Fsp3) is 0.475. The predicted molar refractivity (Wildman–Crippen MR) is 282 cm³/mol. The molecule has 2 bridgehead atoms. The number of hydrogen-bond acceptors (Lipinski definition) is 10. The van der Waals surface area contributed by atoms with Gasteiger partial charge in [0, 0.05) is 60.8 Å². The van der Waals surface area contributed by atoms with E-state index in [0.717, 1.165) is 88.5 Å². The van der Waals surface area contributed by atoms with Crippen LogP contribution in [0, 0.1) is 46.8 Å². The van der Waals surface area contributed by atoms with Crippen molar-refractivity contribution in [2.75, 3.05) is 26.9 Å². The van der Waals surface area contributed by atoms with Crippen LogP contribution >= 0.6 is 0 Å². The van der Waals surface area contributed by atoms with E-state index in [4.69, 9.17) is 14.2 Å². The van der Waals surface area contributed by atoms with Gasteiger partial charge in [0.1, 0.15) is 24.9 Å². The van der Waals surface area contributed by atoms with Gasteiger partial charge in [-0.15, -0.1) is 0 Å². The van der Waals surface area contributed by atoms with Crippen LogP contribution in [0.15, 0.2) is 85.2 Å². The average molecular weight is 1000 g/mol. The van der Waals surface area contributed by atoms with Crippen LogP contribution in [0.5, 0.6) is 23.0 Å². The third-order valence-corrected chi connectivity index (χ3v) is 17.9. The number of H-pyrrole nitrogens is 2. The lowest BCUT2D eigenvalue weighted by atomic mass is 9.47. The maximum Gasteiger partial charge on any atom is 0.318 e. The molecule has 3 saturated carbocycles. The van der Waals surface area contributed by atoms with Crippen molar-refractivity contribution in [3.63, 3.8) is 0 Å². The summed E-state index contributed by atoms with van der Waals surface area (Å²) in [5.41, 5.74) is 8.56. The van der Waals surface area contributed by atoms with Crippen molar-refractivity contribution < 1.29 is 49.3 Å². The van der Waals surface area contributed by atoms with Gasteiger partial charge in [-0.3, -0.25) is 9.59 Å². The van der Waals surface area contributed by atoms with E-state index in [0.29, 0.717) is 50.2 Å². The maximum atomic E-state index is 15.2. The number of aryl methyl sites for hydroxylation is 1. The number of para-hydroxylation sites is 1. The fourth-order valence-electron chi connectivity index (χ4n) is 14.9. The molecule has 13 nitrogen and oxygen atoms in total. The van der Waals surface area contributed by atoms with E-state index in [2.05, 4.69) is 62.9 Å². The van der Waals surface area contributed by atoms with Crippen molar-refractivity contribution in [1.82, 2.24) is 14.5 Å². The molecule has 0 unspecified atom stereocenters. The van der Waals surface area contributed by atoms with Gasteiger partial charge in [0.2, 0.25) is 0 Å². The van der Waals surface area contributed by atoms with Crippen molar-refractivity contribution in [2.24, 2.45) is 35.0 Å². The molecule has 0 radical (unpaired) electrons. The molecule has 11 rings (SSSR count). The number of rotatable bonds is 12. The minimum absolute atomic E-state index is 0.00355. The summed E-state index contributed by atoms with van der Waals surface area (Å²) in [6, 6.07) is 21.5. The zero-order chi connectivity index (χ0) is 51.1. The summed E-state index contributed by atoms with van der Waals surface area (Å²) in [4.78, 5) is 36.1. The van der Waals surface area contributed by atoms with Crippen molar-refractivity contribution in [3.05, 3.63) is 113 Å². The zero-order valence-corrected chi connectivity index (χ0v) is 42.2. The van der Waals surface area contributed by atoms with E-state index in [-0.39, 0.29) is 103 Å². The Morgan fingerprint density at radius 1 is 0.919 bits per heavy atom. The molecule has 6 aromatic rings. The number of aliphatic hydroxyl groups excluding tert-OH is 3. The maximum absolute atomic E-state index is 15.2. The normalized spacial score (nSPS) is 27.3. The number of cyclic esters (lactones) is 1. The first-order valence-corrected chi connectivity index (χ1v) is 26.9. The van der Waals surface area contributed by atoms with Gasteiger partial charge in [-0.2, -0.15) is 0 Å². The lowest BCUT2D eigenvalue weighted by molar-refractivity contribution is -0.149. The van der Waals surface area contributed by atoms with Gasteiger partial charge in [-0.1, -0.05) is 42.2 Å². The Morgan fingerprint density at radius 2 is 1.78 bits per heavy atom. The summed E-state index contributed by atoms with van der Waals surface area (Å²) in [6.45, 7) is -0.0606. The number of hydrogen-bond donors (Lipinski definition) is 7. The molecule has 3 fully saturated rings. The first-order valence-electron chi connectivity index (χ1n) is 26.9. The highest BCUT2D eigenvalue weighted by atomic mass is 16.5. The Balaban J connectivity index is 1.04. The molecule has 388 valence electrons. The molecule has 13 heteroatoms. The van der Waals surface area contributed by atoms with Crippen LogP contribution in [0.4, 0.5) is 0 Å². The number of methoxy groups -OCH3 is 1. The van der Waals surface area contributed by atoms with Crippen LogP contribution in [-0.2, 0) is 27.2 Å². The Labute approximate surface area is 431 Å².